The predicted molar refractivity (Wildman–Crippen MR) is 78.1 cm³/mol. The summed E-state index contributed by atoms with van der Waals surface area (Å²) >= 11 is 0. The number of hydrogen-bond donors (Lipinski definition) is 0. The molecule has 2 rings (SSSR count). The molecule has 1 aromatic rings. The van der Waals surface area contributed by atoms with Crippen molar-refractivity contribution in [1.29, 1.82) is 0 Å². The Bertz CT molecular complexity index is 622. The lowest BCUT2D eigenvalue weighted by Crippen LogP contribution is -2.47. The Labute approximate surface area is 120 Å². The smallest absolute Gasteiger partial charge is 0.243 e. The third-order valence-electron chi connectivity index (χ3n) is 4.01. The van der Waals surface area contributed by atoms with Crippen molar-refractivity contribution in [2.24, 2.45) is 0 Å². The van der Waals surface area contributed by atoms with E-state index in [9.17, 15) is 13.2 Å². The van der Waals surface area contributed by atoms with Crippen LogP contribution in [0.1, 0.15) is 37.3 Å². The number of benzene rings is 1. The molecule has 1 fully saturated rings. The van der Waals surface area contributed by atoms with Crippen molar-refractivity contribution in [2.75, 3.05) is 6.54 Å². The molecule has 0 radical (unpaired) electrons. The molecule has 4 nitrogen and oxygen atoms in total. The van der Waals surface area contributed by atoms with Crippen LogP contribution in [0.15, 0.2) is 23.1 Å². The van der Waals surface area contributed by atoms with Crippen LogP contribution in [0.4, 0.5) is 0 Å². The van der Waals surface area contributed by atoms with E-state index in [4.69, 9.17) is 0 Å². The van der Waals surface area contributed by atoms with Crippen LogP contribution in [-0.4, -0.2) is 31.1 Å². The first kappa shape index (κ1) is 15.2. The zero-order chi connectivity index (χ0) is 14.9. The van der Waals surface area contributed by atoms with E-state index in [1.807, 2.05) is 19.9 Å². The van der Waals surface area contributed by atoms with Crippen LogP contribution in [0.25, 0.3) is 0 Å². The van der Waals surface area contributed by atoms with Gasteiger partial charge < -0.3 is 0 Å². The molecule has 0 aliphatic carbocycles. The summed E-state index contributed by atoms with van der Waals surface area (Å²) in [4.78, 5) is 12.0. The lowest BCUT2D eigenvalue weighted by molar-refractivity contribution is -0.121. The molecule has 1 saturated heterocycles. The normalized spacial score (nSPS) is 20.9. The van der Waals surface area contributed by atoms with Gasteiger partial charge in [0.25, 0.3) is 0 Å². The van der Waals surface area contributed by atoms with E-state index in [-0.39, 0.29) is 10.7 Å². The van der Waals surface area contributed by atoms with Gasteiger partial charge in [0.1, 0.15) is 5.78 Å². The maximum absolute atomic E-state index is 12.7. The Morgan fingerprint density at radius 1 is 1.20 bits per heavy atom. The van der Waals surface area contributed by atoms with Crippen molar-refractivity contribution < 1.29 is 13.2 Å². The standard InChI is InChI=1S/C15H21NO3S/c1-11-7-8-14(10-12(11)2)20(18,19)16-9-5-4-6-15(16)13(3)17/h7-8,10,15H,4-6,9H2,1-3H3. The number of nitrogens with zero attached hydrogens (tertiary/aromatic N) is 1. The molecular weight excluding hydrogens is 274 g/mol. The van der Waals surface area contributed by atoms with Crippen molar-refractivity contribution in [3.63, 3.8) is 0 Å². The number of carbonyl (C=O) groups excluding carboxylic acids is 1. The summed E-state index contributed by atoms with van der Waals surface area (Å²) < 4.78 is 26.9. The molecule has 5 heteroatoms. The maximum atomic E-state index is 12.7. The number of carbonyl (C=O) groups is 1. The average Bonchev–Trinajstić information content (AvgIpc) is 2.41. The second-order valence-corrected chi connectivity index (χ2v) is 7.37. The monoisotopic (exact) mass is 295 g/mol. The minimum absolute atomic E-state index is 0.0721. The molecule has 1 atom stereocenters. The Kier molecular flexibility index (Phi) is 4.30. The largest absolute Gasteiger partial charge is 0.298 e. The average molecular weight is 295 g/mol. The molecule has 20 heavy (non-hydrogen) atoms. The van der Waals surface area contributed by atoms with Gasteiger partial charge in [-0.3, -0.25) is 4.79 Å². The lowest BCUT2D eigenvalue weighted by atomic mass is 10.0. The number of piperidine rings is 1. The molecular formula is C15H21NO3S. The molecule has 1 aromatic carbocycles. The SMILES string of the molecule is CC(=O)C1CCCCN1S(=O)(=O)c1ccc(C)c(C)c1. The van der Waals surface area contributed by atoms with Crippen molar-refractivity contribution in [3.05, 3.63) is 29.3 Å². The molecule has 1 aliphatic heterocycles. The van der Waals surface area contributed by atoms with Gasteiger partial charge in [0.15, 0.2) is 0 Å². The molecule has 0 saturated carbocycles. The van der Waals surface area contributed by atoms with E-state index in [1.54, 1.807) is 12.1 Å². The summed E-state index contributed by atoms with van der Waals surface area (Å²) in [6.07, 6.45) is 2.34. The van der Waals surface area contributed by atoms with Gasteiger partial charge in [-0.2, -0.15) is 4.31 Å². The molecule has 110 valence electrons. The molecule has 0 amide bonds. The van der Waals surface area contributed by atoms with Crippen molar-refractivity contribution in [3.8, 4) is 0 Å². The highest BCUT2D eigenvalue weighted by Crippen LogP contribution is 2.26. The minimum atomic E-state index is -3.58. The molecule has 0 spiro atoms. The molecule has 1 unspecified atom stereocenters. The maximum Gasteiger partial charge on any atom is 0.243 e. The van der Waals surface area contributed by atoms with E-state index in [0.717, 1.165) is 24.0 Å². The van der Waals surface area contributed by atoms with Gasteiger partial charge in [0.05, 0.1) is 10.9 Å². The van der Waals surface area contributed by atoms with Gasteiger partial charge in [-0.25, -0.2) is 8.42 Å². The van der Waals surface area contributed by atoms with Gasteiger partial charge in [-0.05, 0) is 56.9 Å². The third-order valence-corrected chi connectivity index (χ3v) is 5.91. The summed E-state index contributed by atoms with van der Waals surface area (Å²) in [6, 6.07) is 4.63. The summed E-state index contributed by atoms with van der Waals surface area (Å²) in [5.74, 6) is -0.0721. The summed E-state index contributed by atoms with van der Waals surface area (Å²) in [7, 11) is -3.58. The van der Waals surface area contributed by atoms with E-state index in [0.29, 0.717) is 13.0 Å². The van der Waals surface area contributed by atoms with Gasteiger partial charge in [0, 0.05) is 6.54 Å². The molecule has 0 aromatic heterocycles. The third kappa shape index (κ3) is 2.79. The fourth-order valence-electron chi connectivity index (χ4n) is 2.61. The first-order chi connectivity index (χ1) is 9.34. The van der Waals surface area contributed by atoms with E-state index < -0.39 is 16.1 Å². The highest BCUT2D eigenvalue weighted by atomic mass is 32.2. The van der Waals surface area contributed by atoms with Crippen molar-refractivity contribution in [2.45, 2.75) is 51.0 Å². The molecule has 1 heterocycles. The predicted octanol–water partition coefficient (Wildman–Crippen LogP) is 2.44. The van der Waals surface area contributed by atoms with Gasteiger partial charge in [-0.15, -0.1) is 0 Å². The molecule has 0 bridgehead atoms. The number of sulfonamides is 1. The summed E-state index contributed by atoms with van der Waals surface area (Å²) in [5.41, 5.74) is 2.01. The highest BCUT2D eigenvalue weighted by molar-refractivity contribution is 7.89. The van der Waals surface area contributed by atoms with Crippen molar-refractivity contribution >= 4 is 15.8 Å². The second kappa shape index (κ2) is 5.66. The zero-order valence-electron chi connectivity index (χ0n) is 12.2. The Balaban J connectivity index is 2.42. The van der Waals surface area contributed by atoms with E-state index >= 15 is 0 Å². The van der Waals surface area contributed by atoms with Gasteiger partial charge >= 0.3 is 0 Å². The first-order valence-corrected chi connectivity index (χ1v) is 8.37. The number of Topliss-reactive ketones (excluding diaryl/α,β-unsaturated/α-hetero) is 1. The summed E-state index contributed by atoms with van der Waals surface area (Å²) in [5, 5.41) is 0. The van der Waals surface area contributed by atoms with Crippen molar-refractivity contribution in [1.82, 2.24) is 4.31 Å². The summed E-state index contributed by atoms with van der Waals surface area (Å²) in [6.45, 7) is 5.75. The van der Waals surface area contributed by atoms with E-state index in [2.05, 4.69) is 0 Å². The number of aryl methyl sites for hydroxylation is 2. The Hall–Kier alpha value is -1.20. The Morgan fingerprint density at radius 3 is 2.50 bits per heavy atom. The second-order valence-electron chi connectivity index (χ2n) is 5.48. The van der Waals surface area contributed by atoms with Crippen LogP contribution in [-0.2, 0) is 14.8 Å². The van der Waals surface area contributed by atoms with Crippen LogP contribution in [0, 0.1) is 13.8 Å². The quantitative estimate of drug-likeness (QED) is 0.860. The van der Waals surface area contributed by atoms with Gasteiger partial charge in [0.2, 0.25) is 10.0 Å². The van der Waals surface area contributed by atoms with Crippen LogP contribution >= 0.6 is 0 Å². The lowest BCUT2D eigenvalue weighted by Gasteiger charge is -2.33. The Morgan fingerprint density at radius 2 is 1.90 bits per heavy atom. The number of ketones is 1. The number of rotatable bonds is 3. The van der Waals surface area contributed by atoms with Crippen LogP contribution in [0.5, 0.6) is 0 Å². The molecule has 0 N–H and O–H groups in total. The fraction of sp³-hybridized carbons (Fsp3) is 0.533. The van der Waals surface area contributed by atoms with Crippen LogP contribution in [0.3, 0.4) is 0 Å². The molecule has 1 aliphatic rings. The minimum Gasteiger partial charge on any atom is -0.298 e. The topological polar surface area (TPSA) is 54.5 Å². The number of hydrogen-bond acceptors (Lipinski definition) is 3. The van der Waals surface area contributed by atoms with Gasteiger partial charge in [-0.1, -0.05) is 12.5 Å². The fourth-order valence-corrected chi connectivity index (χ4v) is 4.40. The van der Waals surface area contributed by atoms with E-state index in [1.165, 1.54) is 11.2 Å². The highest BCUT2D eigenvalue weighted by Gasteiger charge is 2.35. The van der Waals surface area contributed by atoms with Crippen LogP contribution < -0.4 is 0 Å². The first-order valence-electron chi connectivity index (χ1n) is 6.93. The zero-order valence-corrected chi connectivity index (χ0v) is 13.0. The van der Waals surface area contributed by atoms with Crippen LogP contribution in [0.2, 0.25) is 0 Å².